The third-order valence-electron chi connectivity index (χ3n) is 3.02. The average Bonchev–Trinajstić information content (AvgIpc) is 2.79. The molecule has 0 saturated heterocycles. The Labute approximate surface area is 114 Å². The van der Waals surface area contributed by atoms with Crippen molar-refractivity contribution < 1.29 is 9.90 Å². The molecule has 0 amide bonds. The number of aromatic carboxylic acids is 1. The first-order chi connectivity index (χ1) is 9.18. The fourth-order valence-corrected chi connectivity index (χ4v) is 2.43. The van der Waals surface area contributed by atoms with E-state index in [4.69, 9.17) is 11.6 Å². The Kier molecular flexibility index (Phi) is 2.76. The molecule has 19 heavy (non-hydrogen) atoms. The molecule has 0 bridgehead atoms. The van der Waals surface area contributed by atoms with Gasteiger partial charge in [0.2, 0.25) is 0 Å². The van der Waals surface area contributed by atoms with E-state index in [9.17, 15) is 9.90 Å². The van der Waals surface area contributed by atoms with Crippen LogP contribution in [0.25, 0.3) is 16.6 Å². The lowest BCUT2D eigenvalue weighted by Gasteiger charge is -2.10. The highest BCUT2D eigenvalue weighted by molar-refractivity contribution is 6.32. The zero-order valence-electron chi connectivity index (χ0n) is 9.88. The van der Waals surface area contributed by atoms with Crippen LogP contribution in [0.1, 0.15) is 10.5 Å². The van der Waals surface area contributed by atoms with Crippen molar-refractivity contribution in [2.45, 2.75) is 0 Å². The summed E-state index contributed by atoms with van der Waals surface area (Å²) >= 11 is 6.18. The van der Waals surface area contributed by atoms with Gasteiger partial charge in [-0.3, -0.25) is 0 Å². The zero-order valence-corrected chi connectivity index (χ0v) is 10.6. The molecule has 0 aliphatic carbocycles. The molecule has 4 heteroatoms. The van der Waals surface area contributed by atoms with Crippen LogP contribution in [-0.2, 0) is 0 Å². The highest BCUT2D eigenvalue weighted by Crippen LogP contribution is 2.28. The normalized spacial score (nSPS) is 10.8. The summed E-state index contributed by atoms with van der Waals surface area (Å²) in [6.07, 6.45) is 0. The summed E-state index contributed by atoms with van der Waals surface area (Å²) in [5.74, 6) is -0.976. The molecule has 0 aliphatic rings. The lowest BCUT2D eigenvalue weighted by Crippen LogP contribution is -2.06. The molecule has 0 fully saturated rings. The summed E-state index contributed by atoms with van der Waals surface area (Å²) in [7, 11) is 0. The summed E-state index contributed by atoms with van der Waals surface area (Å²) in [6, 6.07) is 16.4. The van der Waals surface area contributed by atoms with Gasteiger partial charge in [0.25, 0.3) is 0 Å². The minimum atomic E-state index is -0.976. The number of para-hydroxylation sites is 2. The fraction of sp³-hybridized carbons (Fsp3) is 0. The van der Waals surface area contributed by atoms with E-state index in [1.54, 1.807) is 22.8 Å². The number of hydrogen-bond donors (Lipinski definition) is 1. The second-order valence-corrected chi connectivity index (χ2v) is 4.59. The van der Waals surface area contributed by atoms with E-state index in [2.05, 4.69) is 0 Å². The van der Waals surface area contributed by atoms with Gasteiger partial charge in [0, 0.05) is 5.39 Å². The van der Waals surface area contributed by atoms with E-state index >= 15 is 0 Å². The van der Waals surface area contributed by atoms with Crippen molar-refractivity contribution in [3.05, 3.63) is 65.3 Å². The number of benzene rings is 2. The number of aromatic nitrogens is 1. The second-order valence-electron chi connectivity index (χ2n) is 4.18. The molecule has 1 aromatic heterocycles. The van der Waals surface area contributed by atoms with Gasteiger partial charge in [0.05, 0.1) is 16.2 Å². The largest absolute Gasteiger partial charge is 0.477 e. The van der Waals surface area contributed by atoms with Crippen LogP contribution in [0, 0.1) is 0 Å². The Morgan fingerprint density at radius 1 is 1.05 bits per heavy atom. The minimum absolute atomic E-state index is 0.203. The monoisotopic (exact) mass is 271 g/mol. The molecule has 0 aliphatic heterocycles. The standard InChI is InChI=1S/C15H10ClNO2/c16-11-6-2-4-8-13(11)17-12-7-3-1-5-10(12)9-14(17)15(18)19/h1-9H,(H,18,19). The highest BCUT2D eigenvalue weighted by atomic mass is 35.5. The number of carboxylic acids is 1. The number of carbonyl (C=O) groups is 1. The maximum atomic E-state index is 11.4. The summed E-state index contributed by atoms with van der Waals surface area (Å²) in [4.78, 5) is 11.4. The van der Waals surface area contributed by atoms with Gasteiger partial charge in [-0.15, -0.1) is 0 Å². The molecular weight excluding hydrogens is 262 g/mol. The lowest BCUT2D eigenvalue weighted by molar-refractivity contribution is 0.0688. The first kappa shape index (κ1) is 11.8. The van der Waals surface area contributed by atoms with Gasteiger partial charge in [-0.25, -0.2) is 4.79 Å². The molecule has 0 unspecified atom stereocenters. The van der Waals surface area contributed by atoms with Crippen molar-refractivity contribution >= 4 is 28.5 Å². The van der Waals surface area contributed by atoms with Crippen LogP contribution in [0.15, 0.2) is 54.6 Å². The third-order valence-corrected chi connectivity index (χ3v) is 3.34. The van der Waals surface area contributed by atoms with E-state index in [0.717, 1.165) is 10.9 Å². The van der Waals surface area contributed by atoms with Crippen molar-refractivity contribution in [3.63, 3.8) is 0 Å². The Morgan fingerprint density at radius 3 is 2.47 bits per heavy atom. The Balaban J connectivity index is 2.42. The molecule has 0 saturated carbocycles. The predicted molar refractivity (Wildman–Crippen MR) is 75.2 cm³/mol. The van der Waals surface area contributed by atoms with Crippen molar-refractivity contribution in [3.8, 4) is 5.69 Å². The molecule has 94 valence electrons. The number of halogens is 1. The smallest absolute Gasteiger partial charge is 0.352 e. The number of rotatable bonds is 2. The van der Waals surface area contributed by atoms with Crippen LogP contribution in [-0.4, -0.2) is 15.6 Å². The van der Waals surface area contributed by atoms with Crippen LogP contribution in [0.3, 0.4) is 0 Å². The highest BCUT2D eigenvalue weighted by Gasteiger charge is 2.16. The quantitative estimate of drug-likeness (QED) is 0.766. The fourth-order valence-electron chi connectivity index (χ4n) is 2.20. The van der Waals surface area contributed by atoms with Crippen molar-refractivity contribution in [1.82, 2.24) is 4.57 Å². The predicted octanol–water partition coefficient (Wildman–Crippen LogP) is 3.98. The number of nitrogens with zero attached hydrogens (tertiary/aromatic N) is 1. The number of fused-ring (bicyclic) bond motifs is 1. The van der Waals surface area contributed by atoms with Crippen molar-refractivity contribution in [1.29, 1.82) is 0 Å². The van der Waals surface area contributed by atoms with E-state index in [-0.39, 0.29) is 5.69 Å². The van der Waals surface area contributed by atoms with Crippen LogP contribution in [0.4, 0.5) is 0 Å². The number of hydrogen-bond acceptors (Lipinski definition) is 1. The summed E-state index contributed by atoms with van der Waals surface area (Å²) in [6.45, 7) is 0. The van der Waals surface area contributed by atoms with Gasteiger partial charge < -0.3 is 9.67 Å². The van der Waals surface area contributed by atoms with Crippen LogP contribution in [0.2, 0.25) is 5.02 Å². The van der Waals surface area contributed by atoms with Gasteiger partial charge in [-0.1, -0.05) is 41.9 Å². The van der Waals surface area contributed by atoms with Gasteiger partial charge in [0.15, 0.2) is 0 Å². The Hall–Kier alpha value is -2.26. The van der Waals surface area contributed by atoms with E-state index in [0.29, 0.717) is 10.7 Å². The van der Waals surface area contributed by atoms with Crippen LogP contribution >= 0.6 is 11.6 Å². The van der Waals surface area contributed by atoms with E-state index in [1.165, 1.54) is 0 Å². The van der Waals surface area contributed by atoms with Gasteiger partial charge in [0.1, 0.15) is 5.69 Å². The maximum absolute atomic E-state index is 11.4. The maximum Gasteiger partial charge on any atom is 0.352 e. The summed E-state index contributed by atoms with van der Waals surface area (Å²) in [5.41, 5.74) is 1.70. The summed E-state index contributed by atoms with van der Waals surface area (Å²) < 4.78 is 1.67. The molecule has 3 rings (SSSR count). The molecule has 0 atom stereocenters. The van der Waals surface area contributed by atoms with Gasteiger partial charge >= 0.3 is 5.97 Å². The minimum Gasteiger partial charge on any atom is -0.477 e. The van der Waals surface area contributed by atoms with Crippen LogP contribution < -0.4 is 0 Å². The zero-order chi connectivity index (χ0) is 13.4. The molecule has 3 nitrogen and oxygen atoms in total. The third kappa shape index (κ3) is 1.88. The van der Waals surface area contributed by atoms with Crippen LogP contribution in [0.5, 0.6) is 0 Å². The van der Waals surface area contributed by atoms with Gasteiger partial charge in [-0.05, 0) is 24.3 Å². The molecule has 0 radical (unpaired) electrons. The van der Waals surface area contributed by atoms with Gasteiger partial charge in [-0.2, -0.15) is 0 Å². The second kappa shape index (κ2) is 4.44. The molecule has 0 spiro atoms. The molecule has 1 heterocycles. The lowest BCUT2D eigenvalue weighted by atomic mass is 10.2. The molecule has 3 aromatic rings. The first-order valence-corrected chi connectivity index (χ1v) is 6.15. The van der Waals surface area contributed by atoms with E-state index < -0.39 is 5.97 Å². The average molecular weight is 272 g/mol. The first-order valence-electron chi connectivity index (χ1n) is 5.77. The molecular formula is C15H10ClNO2. The van der Waals surface area contributed by atoms with E-state index in [1.807, 2.05) is 36.4 Å². The number of carboxylic acid groups (broad SMARTS) is 1. The van der Waals surface area contributed by atoms with Crippen molar-refractivity contribution in [2.24, 2.45) is 0 Å². The topological polar surface area (TPSA) is 42.2 Å². The summed E-state index contributed by atoms with van der Waals surface area (Å²) in [5, 5.41) is 10.7. The molecule has 1 N–H and O–H groups in total. The Morgan fingerprint density at radius 2 is 1.74 bits per heavy atom. The van der Waals surface area contributed by atoms with Crippen molar-refractivity contribution in [2.75, 3.05) is 0 Å². The Bertz CT molecular complexity index is 777. The SMILES string of the molecule is O=C(O)c1cc2ccccc2n1-c1ccccc1Cl. The molecule has 2 aromatic carbocycles.